The molecule has 0 amide bonds. The zero-order valence-corrected chi connectivity index (χ0v) is 13.1. The molecule has 1 atom stereocenters. The summed E-state index contributed by atoms with van der Waals surface area (Å²) in [6.45, 7) is 0. The van der Waals surface area contributed by atoms with E-state index in [1.165, 1.54) is 12.1 Å². The summed E-state index contributed by atoms with van der Waals surface area (Å²) >= 11 is 9.94. The molecule has 1 aromatic carbocycles. The Hall–Kier alpha value is -1.32. The molecule has 1 aromatic heterocycles. The molecule has 0 bridgehead atoms. The average Bonchev–Trinajstić information content (AvgIpc) is 2.68. The summed E-state index contributed by atoms with van der Waals surface area (Å²) in [6.07, 6.45) is 0. The van der Waals surface area contributed by atoms with Gasteiger partial charge in [0, 0.05) is 6.07 Å². The maximum absolute atomic E-state index is 11.4. The summed E-state index contributed by atoms with van der Waals surface area (Å²) in [5, 5.41) is 18.5. The first-order chi connectivity index (χ1) is 9.81. The van der Waals surface area contributed by atoms with Crippen LogP contribution in [0.15, 0.2) is 24.3 Å². The Bertz CT molecular complexity index is 733. The molecule has 0 aliphatic heterocycles. The minimum atomic E-state index is -2.74. The summed E-state index contributed by atoms with van der Waals surface area (Å²) < 4.78 is 24.1. The van der Waals surface area contributed by atoms with E-state index < -0.39 is 23.0 Å². The van der Waals surface area contributed by atoms with Crippen molar-refractivity contribution in [2.24, 2.45) is 0 Å². The Balaban J connectivity index is 2.54. The van der Waals surface area contributed by atoms with Crippen molar-refractivity contribution in [3.8, 4) is 5.75 Å². The largest absolute Gasteiger partial charge is 0.755 e. The molecule has 1 unspecified atom stereocenters. The highest BCUT2D eigenvalue weighted by Gasteiger charge is 2.19. The fourth-order valence-corrected chi connectivity index (χ4v) is 3.74. The Morgan fingerprint density at radius 2 is 2.00 bits per heavy atom. The van der Waals surface area contributed by atoms with Crippen LogP contribution in [0, 0.1) is 0 Å². The SMILES string of the molecule is O=C(O)c1ccc(N(c2cc(Cl)sc2Cl)S(=O)[O-])cc1O. The molecule has 0 aliphatic carbocycles. The molecule has 0 spiro atoms. The first-order valence-corrected chi connectivity index (χ1v) is 7.82. The van der Waals surface area contributed by atoms with Crippen LogP contribution in [0.3, 0.4) is 0 Å². The Labute approximate surface area is 135 Å². The molecule has 10 heteroatoms. The Morgan fingerprint density at radius 3 is 2.43 bits per heavy atom. The van der Waals surface area contributed by atoms with E-state index in [2.05, 4.69) is 0 Å². The molecule has 0 saturated heterocycles. The third-order valence-corrected chi connectivity index (χ3v) is 4.63. The van der Waals surface area contributed by atoms with Crippen molar-refractivity contribution in [2.45, 2.75) is 0 Å². The van der Waals surface area contributed by atoms with Gasteiger partial charge in [-0.25, -0.2) is 4.79 Å². The quantitative estimate of drug-likeness (QED) is 0.807. The standard InChI is InChI=1S/C11H7Cl2NO5S2/c12-9-4-7(10(13)20-9)14(21(18)19)5-1-2-6(11(16)17)8(15)3-5/h1-4,15H,(H,16,17)(H,18,19)/p-1. The molecule has 0 fully saturated rings. The van der Waals surface area contributed by atoms with Crippen LogP contribution in [0.1, 0.15) is 10.4 Å². The molecule has 1 heterocycles. The van der Waals surface area contributed by atoms with Gasteiger partial charge >= 0.3 is 5.97 Å². The van der Waals surface area contributed by atoms with Gasteiger partial charge in [0.05, 0.1) is 27.0 Å². The number of hydrogen-bond donors (Lipinski definition) is 2. The van der Waals surface area contributed by atoms with Gasteiger partial charge in [-0.1, -0.05) is 23.2 Å². The van der Waals surface area contributed by atoms with Gasteiger partial charge in [-0.3, -0.25) is 8.51 Å². The lowest BCUT2D eigenvalue weighted by Gasteiger charge is -2.26. The van der Waals surface area contributed by atoms with Crippen LogP contribution in [-0.2, 0) is 11.3 Å². The van der Waals surface area contributed by atoms with E-state index in [-0.39, 0.29) is 25.6 Å². The number of nitrogens with zero attached hydrogens (tertiary/aromatic N) is 1. The minimum absolute atomic E-state index is 0.0298. The van der Waals surface area contributed by atoms with Crippen LogP contribution >= 0.6 is 34.5 Å². The van der Waals surface area contributed by atoms with Crippen LogP contribution in [0.2, 0.25) is 8.67 Å². The fourth-order valence-electron chi connectivity index (χ4n) is 1.60. The van der Waals surface area contributed by atoms with Crippen molar-refractivity contribution in [3.05, 3.63) is 38.5 Å². The minimum Gasteiger partial charge on any atom is -0.755 e. The van der Waals surface area contributed by atoms with Crippen molar-refractivity contribution < 1.29 is 23.8 Å². The number of aromatic hydroxyl groups is 1. The molecule has 2 N–H and O–H groups in total. The Morgan fingerprint density at radius 1 is 1.33 bits per heavy atom. The van der Waals surface area contributed by atoms with Crippen LogP contribution in [0.4, 0.5) is 11.4 Å². The molecule has 112 valence electrons. The number of halogens is 2. The van der Waals surface area contributed by atoms with Crippen LogP contribution in [0.5, 0.6) is 5.75 Å². The van der Waals surface area contributed by atoms with Crippen LogP contribution in [0.25, 0.3) is 0 Å². The number of benzene rings is 1. The highest BCUT2D eigenvalue weighted by Crippen LogP contribution is 2.42. The summed E-state index contributed by atoms with van der Waals surface area (Å²) in [4.78, 5) is 10.8. The third kappa shape index (κ3) is 3.30. The van der Waals surface area contributed by atoms with Crippen molar-refractivity contribution in [1.82, 2.24) is 0 Å². The normalized spacial score (nSPS) is 12.1. The van der Waals surface area contributed by atoms with Gasteiger partial charge in [-0.15, -0.1) is 11.3 Å². The molecular weight excluding hydrogens is 361 g/mol. The number of phenols is 1. The number of aromatic carboxylic acids is 1. The molecule has 2 rings (SSSR count). The molecule has 0 radical (unpaired) electrons. The van der Waals surface area contributed by atoms with Gasteiger partial charge in [-0.2, -0.15) is 0 Å². The van der Waals surface area contributed by atoms with E-state index in [0.717, 1.165) is 27.8 Å². The lowest BCUT2D eigenvalue weighted by Crippen LogP contribution is -2.19. The Kier molecular flexibility index (Phi) is 4.74. The predicted molar refractivity (Wildman–Crippen MR) is 80.5 cm³/mol. The molecule has 2 aromatic rings. The number of carbonyl (C=O) groups is 1. The highest BCUT2D eigenvalue weighted by molar-refractivity contribution is 7.81. The second kappa shape index (κ2) is 6.20. The van der Waals surface area contributed by atoms with Crippen molar-refractivity contribution in [2.75, 3.05) is 4.31 Å². The van der Waals surface area contributed by atoms with Gasteiger partial charge in [0.2, 0.25) is 0 Å². The van der Waals surface area contributed by atoms with Gasteiger partial charge in [0.25, 0.3) is 0 Å². The van der Waals surface area contributed by atoms with E-state index in [1.54, 1.807) is 0 Å². The van der Waals surface area contributed by atoms with Crippen LogP contribution < -0.4 is 4.31 Å². The lowest BCUT2D eigenvalue weighted by atomic mass is 10.2. The molecular formula is C11H6Cl2NO5S2-. The van der Waals surface area contributed by atoms with Gasteiger partial charge in [-0.05, 0) is 18.2 Å². The maximum atomic E-state index is 11.4. The van der Waals surface area contributed by atoms with E-state index in [1.807, 2.05) is 0 Å². The first-order valence-electron chi connectivity index (χ1n) is 5.22. The van der Waals surface area contributed by atoms with E-state index >= 15 is 0 Å². The number of rotatable bonds is 4. The second-order valence-corrected chi connectivity index (χ2v) is 6.81. The third-order valence-electron chi connectivity index (χ3n) is 2.45. The second-order valence-electron chi connectivity index (χ2n) is 3.73. The molecule has 0 saturated carbocycles. The van der Waals surface area contributed by atoms with Gasteiger partial charge in [0.1, 0.15) is 15.6 Å². The first kappa shape index (κ1) is 16.1. The van der Waals surface area contributed by atoms with E-state index in [0.29, 0.717) is 0 Å². The van der Waals surface area contributed by atoms with Crippen LogP contribution in [-0.4, -0.2) is 24.9 Å². The van der Waals surface area contributed by atoms with Crippen molar-refractivity contribution in [1.29, 1.82) is 0 Å². The summed E-state index contributed by atoms with van der Waals surface area (Å²) in [6, 6.07) is 4.70. The highest BCUT2D eigenvalue weighted by atomic mass is 35.5. The zero-order valence-electron chi connectivity index (χ0n) is 9.95. The average molecular weight is 367 g/mol. The maximum Gasteiger partial charge on any atom is 0.339 e. The van der Waals surface area contributed by atoms with Crippen molar-refractivity contribution >= 4 is 63.1 Å². The molecule has 6 nitrogen and oxygen atoms in total. The topological polar surface area (TPSA) is 101 Å². The number of hydrogen-bond acceptors (Lipinski definition) is 5. The number of anilines is 2. The summed E-state index contributed by atoms with van der Waals surface area (Å²) in [7, 11) is 0. The van der Waals surface area contributed by atoms with E-state index in [4.69, 9.17) is 28.3 Å². The predicted octanol–water partition coefficient (Wildman–Crippen LogP) is 3.39. The lowest BCUT2D eigenvalue weighted by molar-refractivity contribution is 0.0694. The molecule has 0 aliphatic rings. The number of carboxylic acid groups (broad SMARTS) is 1. The summed E-state index contributed by atoms with van der Waals surface area (Å²) in [5.74, 6) is -1.89. The zero-order chi connectivity index (χ0) is 15.7. The molecule has 21 heavy (non-hydrogen) atoms. The van der Waals surface area contributed by atoms with Gasteiger partial charge < -0.3 is 14.8 Å². The van der Waals surface area contributed by atoms with Gasteiger partial charge in [0.15, 0.2) is 0 Å². The number of carboxylic acids is 1. The number of thiophene rings is 1. The monoisotopic (exact) mass is 366 g/mol. The smallest absolute Gasteiger partial charge is 0.339 e. The summed E-state index contributed by atoms with van der Waals surface area (Å²) in [5.41, 5.74) is -0.200. The van der Waals surface area contributed by atoms with E-state index in [9.17, 15) is 18.7 Å². The fraction of sp³-hybridized carbons (Fsp3) is 0. The van der Waals surface area contributed by atoms with Crippen molar-refractivity contribution in [3.63, 3.8) is 0 Å².